The van der Waals surface area contributed by atoms with Crippen molar-refractivity contribution >= 4 is 29.5 Å². The predicted octanol–water partition coefficient (Wildman–Crippen LogP) is 1.18. The highest BCUT2D eigenvalue weighted by Gasteiger charge is 2.09. The Hall–Kier alpha value is 0.130. The van der Waals surface area contributed by atoms with E-state index >= 15 is 0 Å². The molecule has 0 amide bonds. The lowest BCUT2D eigenvalue weighted by Crippen LogP contribution is -2.22. The number of hydrogen-bond acceptors (Lipinski definition) is 4. The van der Waals surface area contributed by atoms with E-state index in [-0.39, 0.29) is 12.7 Å². The van der Waals surface area contributed by atoms with Crippen LogP contribution in [0.15, 0.2) is 0 Å². The molecule has 0 aromatic rings. The molecule has 0 aliphatic rings. The molecule has 5 heteroatoms. The van der Waals surface area contributed by atoms with Gasteiger partial charge in [0.2, 0.25) is 0 Å². The summed E-state index contributed by atoms with van der Waals surface area (Å²) in [4.78, 5) is 10.2. The largest absolute Gasteiger partial charge is 0.480 e. The van der Waals surface area contributed by atoms with Gasteiger partial charge in [-0.25, -0.2) is 4.79 Å². The average molecular weight is 210 g/mol. The number of aliphatic carboxylic acids is 1. The summed E-state index contributed by atoms with van der Waals surface area (Å²) in [5.41, 5.74) is 0. The molecule has 12 heavy (non-hydrogen) atoms. The van der Waals surface area contributed by atoms with E-state index in [1.807, 2.05) is 12.5 Å². The zero-order valence-electron chi connectivity index (χ0n) is 7.28. The summed E-state index contributed by atoms with van der Waals surface area (Å²) < 4.78 is 5.14. The van der Waals surface area contributed by atoms with Crippen LogP contribution >= 0.6 is 23.5 Å². The molecule has 3 nitrogen and oxygen atoms in total. The van der Waals surface area contributed by atoms with E-state index in [1.54, 1.807) is 23.5 Å². The van der Waals surface area contributed by atoms with Crippen molar-refractivity contribution in [3.63, 3.8) is 0 Å². The zero-order chi connectivity index (χ0) is 9.40. The smallest absolute Gasteiger partial charge is 0.329 e. The standard InChI is InChI=1S/C7H14O3S2/c1-11-4-6(5-12-2)10-3-7(8)9/h6H,3-5H2,1-2H3,(H,8,9). The fraction of sp³-hybridized carbons (Fsp3) is 0.857. The van der Waals surface area contributed by atoms with Gasteiger partial charge in [0.05, 0.1) is 6.10 Å². The van der Waals surface area contributed by atoms with Gasteiger partial charge in [0.25, 0.3) is 0 Å². The first-order chi connectivity index (χ1) is 5.70. The first-order valence-corrected chi connectivity index (χ1v) is 6.30. The monoisotopic (exact) mass is 210 g/mol. The van der Waals surface area contributed by atoms with Gasteiger partial charge in [0.15, 0.2) is 0 Å². The van der Waals surface area contributed by atoms with Crippen LogP contribution in [0, 0.1) is 0 Å². The molecule has 0 rings (SSSR count). The molecule has 0 aromatic heterocycles. The van der Waals surface area contributed by atoms with Crippen LogP contribution < -0.4 is 0 Å². The summed E-state index contributed by atoms with van der Waals surface area (Å²) in [5.74, 6) is 0.810. The van der Waals surface area contributed by atoms with E-state index in [2.05, 4.69) is 0 Å². The molecule has 0 saturated carbocycles. The molecular formula is C7H14O3S2. The maximum absolute atomic E-state index is 10.2. The molecule has 0 radical (unpaired) electrons. The van der Waals surface area contributed by atoms with Crippen LogP contribution in [-0.4, -0.2) is 47.8 Å². The Morgan fingerprint density at radius 3 is 2.25 bits per heavy atom. The molecule has 72 valence electrons. The van der Waals surface area contributed by atoms with E-state index in [4.69, 9.17) is 9.84 Å². The van der Waals surface area contributed by atoms with Gasteiger partial charge < -0.3 is 9.84 Å². The Bertz CT molecular complexity index is 124. The lowest BCUT2D eigenvalue weighted by molar-refractivity contribution is -0.143. The van der Waals surface area contributed by atoms with Gasteiger partial charge in [-0.3, -0.25) is 0 Å². The molecule has 0 aliphatic carbocycles. The number of hydrogen-bond donors (Lipinski definition) is 1. The molecule has 0 unspecified atom stereocenters. The number of ether oxygens (including phenoxy) is 1. The molecule has 0 heterocycles. The van der Waals surface area contributed by atoms with E-state index in [9.17, 15) is 4.79 Å². The summed E-state index contributed by atoms with van der Waals surface area (Å²) >= 11 is 3.34. The molecule has 0 aromatic carbocycles. The number of rotatable bonds is 7. The molecular weight excluding hydrogens is 196 g/mol. The van der Waals surface area contributed by atoms with Crippen molar-refractivity contribution in [3.05, 3.63) is 0 Å². The minimum absolute atomic E-state index is 0.0612. The van der Waals surface area contributed by atoms with E-state index in [0.717, 1.165) is 11.5 Å². The van der Waals surface area contributed by atoms with Gasteiger partial charge in [0, 0.05) is 11.5 Å². The highest BCUT2D eigenvalue weighted by Crippen LogP contribution is 2.07. The maximum atomic E-state index is 10.2. The third-order valence-electron chi connectivity index (χ3n) is 1.15. The second-order valence-corrected chi connectivity index (χ2v) is 4.06. The van der Waals surface area contributed by atoms with Gasteiger partial charge in [-0.15, -0.1) is 0 Å². The van der Waals surface area contributed by atoms with Gasteiger partial charge in [0.1, 0.15) is 6.61 Å². The van der Waals surface area contributed by atoms with Crippen molar-refractivity contribution in [2.75, 3.05) is 30.6 Å². The Morgan fingerprint density at radius 2 is 1.92 bits per heavy atom. The van der Waals surface area contributed by atoms with Crippen LogP contribution in [-0.2, 0) is 9.53 Å². The van der Waals surface area contributed by atoms with E-state index in [0.29, 0.717) is 0 Å². The average Bonchev–Trinajstić information content (AvgIpc) is 2.01. The van der Waals surface area contributed by atoms with Crippen LogP contribution in [0.5, 0.6) is 0 Å². The number of carbonyl (C=O) groups is 1. The van der Waals surface area contributed by atoms with Crippen molar-refractivity contribution in [3.8, 4) is 0 Å². The first kappa shape index (κ1) is 12.1. The molecule has 0 spiro atoms. The van der Waals surface area contributed by atoms with Crippen molar-refractivity contribution in [2.45, 2.75) is 6.10 Å². The van der Waals surface area contributed by atoms with Crippen molar-refractivity contribution in [1.82, 2.24) is 0 Å². The third kappa shape index (κ3) is 6.82. The van der Waals surface area contributed by atoms with Gasteiger partial charge in [-0.2, -0.15) is 23.5 Å². The lowest BCUT2D eigenvalue weighted by atomic mass is 10.5. The summed E-state index contributed by atoms with van der Waals surface area (Å²) in [6, 6.07) is 0. The highest BCUT2D eigenvalue weighted by molar-refractivity contribution is 7.99. The van der Waals surface area contributed by atoms with E-state index in [1.165, 1.54) is 0 Å². The first-order valence-electron chi connectivity index (χ1n) is 3.52. The summed E-state index contributed by atoms with van der Waals surface area (Å²) in [7, 11) is 0. The number of thioether (sulfide) groups is 2. The minimum atomic E-state index is -0.901. The van der Waals surface area contributed by atoms with E-state index < -0.39 is 5.97 Å². The Morgan fingerprint density at radius 1 is 1.42 bits per heavy atom. The van der Waals surface area contributed by atoms with Crippen LogP contribution in [0.3, 0.4) is 0 Å². The van der Waals surface area contributed by atoms with Gasteiger partial charge >= 0.3 is 5.97 Å². The number of carboxylic acid groups (broad SMARTS) is 1. The zero-order valence-corrected chi connectivity index (χ0v) is 8.91. The third-order valence-corrected chi connectivity index (χ3v) is 2.56. The molecule has 0 aliphatic heterocycles. The Labute approximate surface area is 81.2 Å². The molecule has 0 fully saturated rings. The highest BCUT2D eigenvalue weighted by atomic mass is 32.2. The summed E-state index contributed by atoms with van der Waals surface area (Å²) in [6.45, 7) is -0.189. The van der Waals surface area contributed by atoms with Crippen LogP contribution in [0.4, 0.5) is 0 Å². The fourth-order valence-corrected chi connectivity index (χ4v) is 2.03. The topological polar surface area (TPSA) is 46.5 Å². The Balaban J connectivity index is 3.54. The molecule has 1 N–H and O–H groups in total. The quantitative estimate of drug-likeness (QED) is 0.683. The van der Waals surface area contributed by atoms with Crippen LogP contribution in [0.25, 0.3) is 0 Å². The maximum Gasteiger partial charge on any atom is 0.329 e. The second-order valence-electron chi connectivity index (χ2n) is 2.24. The lowest BCUT2D eigenvalue weighted by Gasteiger charge is -2.13. The molecule has 0 atom stereocenters. The van der Waals surface area contributed by atoms with Crippen LogP contribution in [0.2, 0.25) is 0 Å². The van der Waals surface area contributed by atoms with Crippen molar-refractivity contribution < 1.29 is 14.6 Å². The molecule has 0 saturated heterocycles. The van der Waals surface area contributed by atoms with Gasteiger partial charge in [-0.05, 0) is 12.5 Å². The second kappa shape index (κ2) is 7.76. The van der Waals surface area contributed by atoms with Gasteiger partial charge in [-0.1, -0.05) is 0 Å². The number of carboxylic acids is 1. The fourth-order valence-electron chi connectivity index (χ4n) is 0.705. The Kier molecular flexibility index (Phi) is 7.85. The van der Waals surface area contributed by atoms with Crippen molar-refractivity contribution in [1.29, 1.82) is 0 Å². The summed E-state index contributed by atoms with van der Waals surface area (Å²) in [6.07, 6.45) is 4.03. The van der Waals surface area contributed by atoms with Crippen molar-refractivity contribution in [2.24, 2.45) is 0 Å². The minimum Gasteiger partial charge on any atom is -0.480 e. The molecule has 0 bridgehead atoms. The predicted molar refractivity (Wildman–Crippen MR) is 54.1 cm³/mol. The van der Waals surface area contributed by atoms with Crippen LogP contribution in [0.1, 0.15) is 0 Å². The normalized spacial score (nSPS) is 10.6. The SMILES string of the molecule is CSCC(CSC)OCC(=O)O. The summed E-state index contributed by atoms with van der Waals surface area (Å²) in [5, 5.41) is 8.36.